The molecule has 8 heteroatoms. The van der Waals surface area contributed by atoms with Gasteiger partial charge in [-0.25, -0.2) is 8.78 Å². The van der Waals surface area contributed by atoms with Gasteiger partial charge in [-0.15, -0.1) is 11.6 Å². The van der Waals surface area contributed by atoms with Crippen LogP contribution in [-0.2, 0) is 4.79 Å². The van der Waals surface area contributed by atoms with E-state index in [2.05, 4.69) is 14.7 Å². The van der Waals surface area contributed by atoms with Crippen LogP contribution in [0.5, 0.6) is 0 Å². The van der Waals surface area contributed by atoms with E-state index in [9.17, 15) is 13.6 Å². The quantitative estimate of drug-likeness (QED) is 0.697. The topological polar surface area (TPSA) is 54.9 Å². The number of anilines is 1. The maximum absolute atomic E-state index is 12.9. The van der Waals surface area contributed by atoms with E-state index in [0.29, 0.717) is 17.0 Å². The third-order valence-electron chi connectivity index (χ3n) is 3.15. The summed E-state index contributed by atoms with van der Waals surface area (Å²) in [5.41, 5.74) is 1.10. The Labute approximate surface area is 145 Å². The summed E-state index contributed by atoms with van der Waals surface area (Å²) in [6.45, 7) is 0. The zero-order valence-corrected chi connectivity index (χ0v) is 13.6. The lowest BCUT2D eigenvalue weighted by Crippen LogP contribution is -2.17. The van der Waals surface area contributed by atoms with Crippen LogP contribution >= 0.6 is 23.1 Å². The molecule has 0 aliphatic heterocycles. The first-order valence-electron chi connectivity index (χ1n) is 6.83. The van der Waals surface area contributed by atoms with Crippen LogP contribution in [0.1, 0.15) is 10.9 Å². The molecule has 3 aromatic rings. The smallest absolute Gasteiger partial charge is 0.248 e. The predicted molar refractivity (Wildman–Crippen MR) is 88.9 cm³/mol. The number of alkyl halides is 1. The number of carbonyl (C=O) groups is 1. The number of carbonyl (C=O) groups excluding carboxylic acids is 1. The highest BCUT2D eigenvalue weighted by Gasteiger charge is 2.19. The van der Waals surface area contributed by atoms with Crippen LogP contribution in [0.25, 0.3) is 11.4 Å². The fourth-order valence-corrected chi connectivity index (χ4v) is 2.74. The predicted octanol–water partition coefficient (Wildman–Crippen LogP) is 4.40. The van der Waals surface area contributed by atoms with Crippen LogP contribution in [-0.4, -0.2) is 15.3 Å². The van der Waals surface area contributed by atoms with Crippen molar-refractivity contribution in [2.75, 3.05) is 5.32 Å². The first kappa shape index (κ1) is 16.5. The molecule has 24 heavy (non-hydrogen) atoms. The molecule has 1 heterocycles. The number of nitrogens with zero attached hydrogens (tertiary/aromatic N) is 2. The molecular formula is C16H10ClF2N3OS. The van der Waals surface area contributed by atoms with Crippen molar-refractivity contribution in [3.05, 3.63) is 65.7 Å². The molecule has 3 rings (SSSR count). The number of halogens is 3. The number of rotatable bonds is 4. The highest BCUT2D eigenvalue weighted by molar-refractivity contribution is 7.10. The van der Waals surface area contributed by atoms with Gasteiger partial charge < -0.3 is 0 Å². The van der Waals surface area contributed by atoms with Crippen molar-refractivity contribution >= 4 is 34.2 Å². The van der Waals surface area contributed by atoms with Crippen LogP contribution < -0.4 is 5.32 Å². The molecule has 0 saturated carbocycles. The minimum atomic E-state index is -0.983. The molecule has 0 aliphatic rings. The summed E-state index contributed by atoms with van der Waals surface area (Å²) in [5.74, 6) is -0.879. The molecule has 0 radical (unpaired) electrons. The van der Waals surface area contributed by atoms with E-state index in [4.69, 9.17) is 11.6 Å². The summed E-state index contributed by atoms with van der Waals surface area (Å²) in [7, 11) is 0. The average molecular weight is 366 g/mol. The maximum Gasteiger partial charge on any atom is 0.248 e. The zero-order valence-electron chi connectivity index (χ0n) is 12.0. The summed E-state index contributed by atoms with van der Waals surface area (Å²) >= 11 is 7.07. The minimum absolute atomic E-state index is 0.270. The molecule has 0 aliphatic carbocycles. The largest absolute Gasteiger partial charge is 0.299 e. The lowest BCUT2D eigenvalue weighted by molar-refractivity contribution is -0.116. The molecule has 4 nitrogen and oxygen atoms in total. The highest BCUT2D eigenvalue weighted by atomic mass is 35.5. The first-order valence-corrected chi connectivity index (χ1v) is 8.04. The molecule has 2 aromatic carbocycles. The van der Waals surface area contributed by atoms with E-state index in [-0.39, 0.29) is 10.9 Å². The Balaban J connectivity index is 1.71. The van der Waals surface area contributed by atoms with E-state index in [0.717, 1.165) is 11.5 Å². The molecule has 0 saturated heterocycles. The van der Waals surface area contributed by atoms with E-state index >= 15 is 0 Å². The number of benzene rings is 2. The Hall–Kier alpha value is -2.38. The lowest BCUT2D eigenvalue weighted by Gasteiger charge is -2.08. The number of hydrogen-bond acceptors (Lipinski definition) is 4. The molecule has 1 atom stereocenters. The molecule has 1 N–H and O–H groups in total. The Kier molecular flexibility index (Phi) is 4.82. The monoisotopic (exact) mass is 365 g/mol. The van der Waals surface area contributed by atoms with Crippen molar-refractivity contribution in [2.24, 2.45) is 0 Å². The molecule has 0 spiro atoms. The Morgan fingerprint density at radius 3 is 2.25 bits per heavy atom. The van der Waals surface area contributed by atoms with Crippen molar-refractivity contribution in [1.29, 1.82) is 0 Å². The molecule has 0 fully saturated rings. The number of aromatic nitrogens is 2. The van der Waals surface area contributed by atoms with Crippen LogP contribution in [0, 0.1) is 11.6 Å². The minimum Gasteiger partial charge on any atom is -0.299 e. The molecule has 1 aromatic heterocycles. The second kappa shape index (κ2) is 7.02. The summed E-state index contributed by atoms with van der Waals surface area (Å²) < 4.78 is 29.9. The van der Waals surface area contributed by atoms with E-state index < -0.39 is 17.1 Å². The van der Waals surface area contributed by atoms with Crippen molar-refractivity contribution in [1.82, 2.24) is 9.36 Å². The Bertz CT molecular complexity index is 853. The van der Waals surface area contributed by atoms with Crippen molar-refractivity contribution in [3.63, 3.8) is 0 Å². The van der Waals surface area contributed by atoms with Gasteiger partial charge in [0.25, 0.3) is 0 Å². The van der Waals surface area contributed by atoms with Gasteiger partial charge in [0.15, 0.2) is 5.82 Å². The van der Waals surface area contributed by atoms with Crippen LogP contribution in [0.4, 0.5) is 13.9 Å². The summed E-state index contributed by atoms with van der Waals surface area (Å²) in [6.07, 6.45) is 0. The molecular weight excluding hydrogens is 356 g/mol. The van der Waals surface area contributed by atoms with Gasteiger partial charge in [-0.05, 0) is 42.0 Å². The van der Waals surface area contributed by atoms with Crippen molar-refractivity contribution < 1.29 is 13.6 Å². The van der Waals surface area contributed by atoms with E-state index in [1.165, 1.54) is 36.4 Å². The summed E-state index contributed by atoms with van der Waals surface area (Å²) in [5, 5.41) is 1.85. The van der Waals surface area contributed by atoms with Crippen molar-refractivity contribution in [2.45, 2.75) is 5.38 Å². The third kappa shape index (κ3) is 3.74. The molecule has 122 valence electrons. The molecule has 0 unspecified atom stereocenters. The first-order chi connectivity index (χ1) is 11.5. The lowest BCUT2D eigenvalue weighted by atomic mass is 10.1. The second-order valence-corrected chi connectivity index (χ2v) is 6.02. The fraction of sp³-hybridized carbons (Fsp3) is 0.0625. The van der Waals surface area contributed by atoms with E-state index in [1.807, 2.05) is 0 Å². The maximum atomic E-state index is 12.9. The highest BCUT2D eigenvalue weighted by Crippen LogP contribution is 2.25. The Morgan fingerprint density at radius 2 is 1.62 bits per heavy atom. The van der Waals surface area contributed by atoms with Gasteiger partial charge in [-0.3, -0.25) is 10.1 Å². The average Bonchev–Trinajstić information content (AvgIpc) is 3.04. The molecule has 1 amide bonds. The van der Waals surface area contributed by atoms with Crippen LogP contribution in [0.3, 0.4) is 0 Å². The normalized spacial score (nSPS) is 12.0. The molecule has 0 bridgehead atoms. The number of nitrogens with one attached hydrogen (secondary N) is 1. The van der Waals surface area contributed by atoms with Crippen molar-refractivity contribution in [3.8, 4) is 11.4 Å². The standard InChI is InChI=1S/C16H10ClF2N3OS/c17-13(9-1-5-11(18)6-2-9)15(23)21-16-20-14(22-24-16)10-3-7-12(19)8-4-10/h1-8,13H,(H,20,21,22,23)/t13-/m0/s1. The van der Waals surface area contributed by atoms with Gasteiger partial charge in [0.05, 0.1) is 0 Å². The Morgan fingerprint density at radius 1 is 1.04 bits per heavy atom. The second-order valence-electron chi connectivity index (χ2n) is 4.83. The van der Waals surface area contributed by atoms with E-state index in [1.54, 1.807) is 12.1 Å². The fourth-order valence-electron chi connectivity index (χ4n) is 1.94. The van der Waals surface area contributed by atoms with Gasteiger partial charge >= 0.3 is 0 Å². The third-order valence-corrected chi connectivity index (χ3v) is 4.23. The van der Waals surface area contributed by atoms with Gasteiger partial charge in [-0.1, -0.05) is 12.1 Å². The van der Waals surface area contributed by atoms with Gasteiger partial charge in [0.1, 0.15) is 17.0 Å². The van der Waals surface area contributed by atoms with Gasteiger partial charge in [-0.2, -0.15) is 9.36 Å². The van der Waals surface area contributed by atoms with Crippen LogP contribution in [0.15, 0.2) is 48.5 Å². The summed E-state index contributed by atoms with van der Waals surface area (Å²) in [6, 6.07) is 11.0. The van der Waals surface area contributed by atoms with Crippen LogP contribution in [0.2, 0.25) is 0 Å². The number of amides is 1. The summed E-state index contributed by atoms with van der Waals surface area (Å²) in [4.78, 5) is 16.3. The SMILES string of the molecule is O=C(Nc1nc(-c2ccc(F)cc2)ns1)[C@@H](Cl)c1ccc(F)cc1. The zero-order chi connectivity index (χ0) is 17.1. The van der Waals surface area contributed by atoms with Gasteiger partial charge in [0.2, 0.25) is 11.0 Å². The number of hydrogen-bond donors (Lipinski definition) is 1. The van der Waals surface area contributed by atoms with Gasteiger partial charge in [0, 0.05) is 17.1 Å².